The number of nitrogens with zero attached hydrogens (tertiary/aromatic N) is 1. The van der Waals surface area contributed by atoms with Gasteiger partial charge in [-0.2, -0.15) is 5.26 Å². The van der Waals surface area contributed by atoms with Crippen molar-refractivity contribution in [1.82, 2.24) is 0 Å². The summed E-state index contributed by atoms with van der Waals surface area (Å²) in [5.41, 5.74) is 2.72. The number of hydrogen-bond acceptors (Lipinski definition) is 5. The molecule has 0 saturated carbocycles. The maximum Gasteiger partial charge on any atom is 0.339 e. The summed E-state index contributed by atoms with van der Waals surface area (Å²) in [5.74, 6) is -0.995. The van der Waals surface area contributed by atoms with Gasteiger partial charge in [0.1, 0.15) is 5.82 Å². The Kier molecular flexibility index (Phi) is 7.41. The molecule has 5 nitrogen and oxygen atoms in total. The van der Waals surface area contributed by atoms with Crippen molar-refractivity contribution in [2.45, 2.75) is 17.6 Å². The van der Waals surface area contributed by atoms with E-state index < -0.39 is 24.3 Å². The van der Waals surface area contributed by atoms with Gasteiger partial charge in [0.05, 0.1) is 17.2 Å². The zero-order valence-corrected chi connectivity index (χ0v) is 17.5. The summed E-state index contributed by atoms with van der Waals surface area (Å²) in [7, 11) is 0. The normalized spacial score (nSPS) is 10.2. The highest BCUT2D eigenvalue weighted by molar-refractivity contribution is 7.98. The highest BCUT2D eigenvalue weighted by Crippen LogP contribution is 2.27. The number of carbonyl (C=O) groups is 2. The summed E-state index contributed by atoms with van der Waals surface area (Å²) in [5, 5.41) is 11.4. The zero-order chi connectivity index (χ0) is 22.2. The van der Waals surface area contributed by atoms with Crippen LogP contribution in [-0.4, -0.2) is 18.5 Å². The third-order valence-electron chi connectivity index (χ3n) is 4.37. The second-order valence-corrected chi connectivity index (χ2v) is 7.70. The molecule has 0 aliphatic heterocycles. The van der Waals surface area contributed by atoms with Gasteiger partial charge >= 0.3 is 5.97 Å². The van der Waals surface area contributed by atoms with E-state index in [4.69, 9.17) is 10.00 Å². The number of rotatable bonds is 7. The molecule has 0 heterocycles. The molecule has 0 atom stereocenters. The summed E-state index contributed by atoms with van der Waals surface area (Å²) in [4.78, 5) is 25.3. The van der Waals surface area contributed by atoms with E-state index in [2.05, 4.69) is 11.4 Å². The number of amides is 1. The van der Waals surface area contributed by atoms with Crippen molar-refractivity contribution in [3.05, 3.63) is 94.8 Å². The third kappa shape index (κ3) is 6.17. The molecule has 0 spiro atoms. The third-order valence-corrected chi connectivity index (χ3v) is 5.52. The van der Waals surface area contributed by atoms with E-state index in [1.165, 1.54) is 17.8 Å². The first kappa shape index (κ1) is 22.1. The van der Waals surface area contributed by atoms with E-state index in [1.807, 2.05) is 18.2 Å². The van der Waals surface area contributed by atoms with Crippen LogP contribution in [0.5, 0.6) is 0 Å². The second-order valence-electron chi connectivity index (χ2n) is 6.68. The lowest BCUT2D eigenvalue weighted by Gasteiger charge is -2.10. The molecular weight excluding hydrogens is 415 g/mol. The Morgan fingerprint density at radius 2 is 1.84 bits per heavy atom. The van der Waals surface area contributed by atoms with Crippen LogP contribution in [0.3, 0.4) is 0 Å². The topological polar surface area (TPSA) is 79.2 Å². The Bertz CT molecular complexity index is 1140. The predicted molar refractivity (Wildman–Crippen MR) is 117 cm³/mol. The minimum absolute atomic E-state index is 0.294. The number of carbonyl (C=O) groups excluding carboxylic acids is 2. The van der Waals surface area contributed by atoms with Crippen LogP contribution in [0.2, 0.25) is 0 Å². The summed E-state index contributed by atoms with van der Waals surface area (Å²) < 4.78 is 18.7. The molecule has 0 unspecified atom stereocenters. The molecule has 1 N–H and O–H groups in total. The quantitative estimate of drug-likeness (QED) is 0.414. The van der Waals surface area contributed by atoms with Crippen LogP contribution in [0.1, 0.15) is 27.0 Å². The molecule has 1 amide bonds. The first-order valence-corrected chi connectivity index (χ1v) is 10.4. The van der Waals surface area contributed by atoms with E-state index >= 15 is 0 Å². The van der Waals surface area contributed by atoms with E-state index in [-0.39, 0.29) is 0 Å². The number of ether oxygens (including phenoxy) is 1. The van der Waals surface area contributed by atoms with Gasteiger partial charge in [-0.3, -0.25) is 4.79 Å². The van der Waals surface area contributed by atoms with Gasteiger partial charge in [-0.25, -0.2) is 9.18 Å². The number of esters is 1. The van der Waals surface area contributed by atoms with Crippen molar-refractivity contribution in [3.63, 3.8) is 0 Å². The minimum atomic E-state index is -0.617. The molecule has 0 fully saturated rings. The fourth-order valence-electron chi connectivity index (χ4n) is 2.67. The smallest absolute Gasteiger partial charge is 0.339 e. The molecule has 0 saturated heterocycles. The lowest BCUT2D eigenvalue weighted by Crippen LogP contribution is -2.21. The fraction of sp³-hybridized carbons (Fsp3) is 0.125. The number of benzene rings is 3. The van der Waals surface area contributed by atoms with Gasteiger partial charge < -0.3 is 10.1 Å². The Morgan fingerprint density at radius 1 is 1.10 bits per heavy atom. The molecule has 0 bridgehead atoms. The number of hydrogen-bond donors (Lipinski definition) is 1. The summed E-state index contributed by atoms with van der Waals surface area (Å²) in [6.45, 7) is 1.14. The molecule has 0 aromatic heterocycles. The van der Waals surface area contributed by atoms with E-state index in [9.17, 15) is 14.0 Å². The maximum absolute atomic E-state index is 13.6. The van der Waals surface area contributed by atoms with Crippen molar-refractivity contribution in [1.29, 1.82) is 5.26 Å². The highest BCUT2D eigenvalue weighted by Gasteiger charge is 2.15. The predicted octanol–water partition coefficient (Wildman–Crippen LogP) is 5.09. The second kappa shape index (κ2) is 10.4. The molecule has 0 radical (unpaired) electrons. The zero-order valence-electron chi connectivity index (χ0n) is 16.7. The first-order valence-electron chi connectivity index (χ1n) is 9.40. The van der Waals surface area contributed by atoms with Crippen LogP contribution in [0.25, 0.3) is 0 Å². The number of nitriles is 1. The molecule has 0 aliphatic rings. The highest BCUT2D eigenvalue weighted by atomic mass is 32.2. The van der Waals surface area contributed by atoms with E-state index in [0.717, 1.165) is 10.5 Å². The van der Waals surface area contributed by atoms with Crippen molar-refractivity contribution in [2.75, 3.05) is 11.9 Å². The molecule has 3 aromatic rings. The Morgan fingerprint density at radius 3 is 2.55 bits per heavy atom. The summed E-state index contributed by atoms with van der Waals surface area (Å²) >= 11 is 1.46. The van der Waals surface area contributed by atoms with Gasteiger partial charge in [0.2, 0.25) is 0 Å². The van der Waals surface area contributed by atoms with Crippen molar-refractivity contribution < 1.29 is 18.7 Å². The van der Waals surface area contributed by atoms with Crippen LogP contribution in [-0.2, 0) is 15.3 Å². The molecule has 31 heavy (non-hydrogen) atoms. The fourth-order valence-corrected chi connectivity index (χ4v) is 3.67. The molecular formula is C24H19FN2O3S. The Balaban J connectivity index is 1.58. The summed E-state index contributed by atoms with van der Waals surface area (Å²) in [6, 6.07) is 20.6. The molecule has 7 heteroatoms. The summed E-state index contributed by atoms with van der Waals surface area (Å²) in [6.07, 6.45) is 0. The SMILES string of the molecule is Cc1ccc(NC(=O)COC(=O)c2ccccc2SCc2ccc(C#N)cc2)cc1F. The average Bonchev–Trinajstić information content (AvgIpc) is 2.79. The van der Waals surface area contributed by atoms with Crippen molar-refractivity contribution in [3.8, 4) is 6.07 Å². The minimum Gasteiger partial charge on any atom is -0.452 e. The van der Waals surface area contributed by atoms with Crippen LogP contribution in [0, 0.1) is 24.1 Å². The van der Waals surface area contributed by atoms with E-state index in [0.29, 0.717) is 28.1 Å². The number of thioether (sulfide) groups is 1. The number of anilines is 1. The largest absolute Gasteiger partial charge is 0.452 e. The average molecular weight is 434 g/mol. The lowest BCUT2D eigenvalue weighted by molar-refractivity contribution is -0.119. The van der Waals surface area contributed by atoms with Crippen LogP contribution >= 0.6 is 11.8 Å². The van der Waals surface area contributed by atoms with Crippen molar-refractivity contribution >= 4 is 29.3 Å². The molecule has 0 aliphatic carbocycles. The van der Waals surface area contributed by atoms with Crippen LogP contribution in [0.15, 0.2) is 71.6 Å². The van der Waals surface area contributed by atoms with E-state index in [1.54, 1.807) is 49.4 Å². The lowest BCUT2D eigenvalue weighted by atomic mass is 10.2. The van der Waals surface area contributed by atoms with Gasteiger partial charge in [0.15, 0.2) is 6.61 Å². The standard InChI is InChI=1S/C24H19FN2O3S/c1-16-6-11-19(12-21(16)25)27-23(28)14-30-24(29)20-4-2-3-5-22(20)31-15-18-9-7-17(13-26)8-10-18/h2-12H,14-15H2,1H3,(H,27,28). The van der Waals surface area contributed by atoms with Crippen molar-refractivity contribution in [2.24, 2.45) is 0 Å². The van der Waals surface area contributed by atoms with Gasteiger partial charge in [0.25, 0.3) is 5.91 Å². The van der Waals surface area contributed by atoms with Gasteiger partial charge in [-0.1, -0.05) is 30.3 Å². The molecule has 3 rings (SSSR count). The number of aryl methyl sites for hydroxylation is 1. The van der Waals surface area contributed by atoms with Crippen LogP contribution < -0.4 is 5.32 Å². The van der Waals surface area contributed by atoms with Crippen LogP contribution in [0.4, 0.5) is 10.1 Å². The Hall–Kier alpha value is -3.63. The Labute approximate surface area is 183 Å². The maximum atomic E-state index is 13.6. The molecule has 3 aromatic carbocycles. The monoisotopic (exact) mass is 434 g/mol. The van der Waals surface area contributed by atoms with Gasteiger partial charge in [-0.05, 0) is 54.4 Å². The first-order chi connectivity index (χ1) is 15.0. The van der Waals surface area contributed by atoms with Gasteiger partial charge in [0, 0.05) is 16.3 Å². The number of halogens is 1. The van der Waals surface area contributed by atoms with Gasteiger partial charge in [-0.15, -0.1) is 11.8 Å². The number of nitrogens with one attached hydrogen (secondary N) is 1. The molecule has 156 valence electrons.